The number of aliphatic hydroxyl groups excluding tert-OH is 1. The minimum Gasteiger partial charge on any atom is -0.457 e. The maximum Gasteiger partial charge on any atom is 0.316 e. The lowest BCUT2D eigenvalue weighted by molar-refractivity contribution is -0.184. The first-order valence-corrected chi connectivity index (χ1v) is 27.3. The topological polar surface area (TPSA) is 337 Å². The number of carbonyl (C=O) groups excluding carboxylic acids is 8. The molecule has 3 saturated carbocycles. The molecule has 2 aliphatic heterocycles. The van der Waals surface area contributed by atoms with Gasteiger partial charge in [-0.1, -0.05) is 32.3 Å². The van der Waals surface area contributed by atoms with Crippen LogP contribution >= 0.6 is 23.5 Å². The van der Waals surface area contributed by atoms with Gasteiger partial charge < -0.3 is 58.7 Å². The summed E-state index contributed by atoms with van der Waals surface area (Å²) in [5, 5.41) is 38.2. The maximum absolute atomic E-state index is 13.8. The summed E-state index contributed by atoms with van der Waals surface area (Å²) in [6.07, 6.45) is 9.94. The number of nitrogens with zero attached hydrogens (tertiary/aromatic N) is 1. The number of fused-ring (bicyclic) bond motifs is 6. The van der Waals surface area contributed by atoms with Crippen LogP contribution in [0.1, 0.15) is 123 Å². The van der Waals surface area contributed by atoms with Gasteiger partial charge in [-0.25, -0.2) is 4.79 Å². The average Bonchev–Trinajstić information content (AvgIpc) is 3.95. The van der Waals surface area contributed by atoms with Crippen LogP contribution in [0.3, 0.4) is 0 Å². The third kappa shape index (κ3) is 13.2. The van der Waals surface area contributed by atoms with Crippen molar-refractivity contribution in [2.75, 3.05) is 37.0 Å². The Bertz CT molecular complexity index is 2040. The molecule has 12 atom stereocenters. The standard InChI is InChI=1S/C48H75N9O11S2/c1-46-17-15-28(58)21-27(46)13-14-29-30-16-18-48(67,47(30,2)22-34(59)40(29)46)36(60)23-68-39(63)26-69-24-33(42(49)64)55-43(65)31(9-8-20-53-44(50)51)54-38(62)12-4-3-7-19-52-37(61)11-6-5-10-35-41-32(25-70-35)56-45(66)57-41/h21,29-35,40-41,59,67H,3-20,22-26H2,1-2H3,(H2,49,64)(H,52,61)(H,54,62)(H,55,65)(H4,50,51,53)(H2,56,57,66)/t29-,30-,31+,32-,33-,34-,35-,40+,41-,46-,47-,48-/m0/s1. The predicted octanol–water partition coefficient (Wildman–Crippen LogP) is 0.977. The molecule has 70 heavy (non-hydrogen) atoms. The van der Waals surface area contributed by atoms with Crippen molar-refractivity contribution in [3.63, 3.8) is 0 Å². The molecule has 4 aliphatic carbocycles. The highest BCUT2D eigenvalue weighted by molar-refractivity contribution is 8.00. The van der Waals surface area contributed by atoms with E-state index in [1.807, 2.05) is 18.7 Å². The fraction of sp³-hybridized carbons (Fsp3) is 0.771. The lowest BCUT2D eigenvalue weighted by Gasteiger charge is -2.60. The van der Waals surface area contributed by atoms with E-state index in [4.69, 9.17) is 21.9 Å². The number of guanidine groups is 1. The average molecular weight is 1020 g/mol. The molecule has 6 rings (SSSR count). The second kappa shape index (κ2) is 24.3. The highest BCUT2D eigenvalue weighted by atomic mass is 32.2. The van der Waals surface area contributed by atoms with Crippen molar-refractivity contribution in [2.45, 2.75) is 164 Å². The number of nitrogens with one attached hydrogen (secondary N) is 5. The summed E-state index contributed by atoms with van der Waals surface area (Å²) in [5.74, 6) is -2.98. The summed E-state index contributed by atoms with van der Waals surface area (Å²) in [5.41, 5.74) is 14.5. The highest BCUT2D eigenvalue weighted by Gasteiger charge is 2.68. The predicted molar refractivity (Wildman–Crippen MR) is 265 cm³/mol. The molecular weight excluding hydrogens is 943 g/mol. The number of esters is 1. The number of primary amides is 1. The number of rotatable bonds is 26. The smallest absolute Gasteiger partial charge is 0.316 e. The molecule has 20 nitrogen and oxygen atoms in total. The number of hydrogen-bond acceptors (Lipinski definition) is 14. The van der Waals surface area contributed by atoms with Gasteiger partial charge in [-0.2, -0.15) is 11.8 Å². The van der Waals surface area contributed by atoms with Gasteiger partial charge >= 0.3 is 12.0 Å². The van der Waals surface area contributed by atoms with E-state index >= 15 is 0 Å². The SMILES string of the molecule is C[C@]12CCC(=O)C=C1CC[C@@H]1[C@@H]2[C@@H](O)C[C@@]2(C)[C@H]1CC[C@]2(O)C(=O)COC(=O)CSC[C@H](NC(=O)[C@@H](CCCN=C(N)N)NC(=O)CCCCCNC(=O)CCCC[C@@H]1SC[C@@H]2NC(=O)N[C@@H]21)C(N)=O. The molecule has 6 amide bonds. The third-order valence-corrected chi connectivity index (χ3v) is 18.6. The van der Waals surface area contributed by atoms with Crippen LogP contribution in [-0.2, 0) is 38.3 Å². The van der Waals surface area contributed by atoms with Gasteiger partial charge in [0.05, 0.1) is 23.9 Å². The summed E-state index contributed by atoms with van der Waals surface area (Å²) < 4.78 is 5.34. The van der Waals surface area contributed by atoms with E-state index in [0.717, 1.165) is 55.2 Å². The number of aliphatic imine (C=N–C) groups is 1. The van der Waals surface area contributed by atoms with Crippen molar-refractivity contribution in [1.29, 1.82) is 0 Å². The zero-order chi connectivity index (χ0) is 50.8. The van der Waals surface area contributed by atoms with Crippen LogP contribution in [0.5, 0.6) is 0 Å². The van der Waals surface area contributed by atoms with Crippen LogP contribution in [0.15, 0.2) is 16.6 Å². The first-order chi connectivity index (χ1) is 33.2. The minimum absolute atomic E-state index is 0.0291. The fourth-order valence-corrected chi connectivity index (χ4v) is 14.8. The summed E-state index contributed by atoms with van der Waals surface area (Å²) >= 11 is 2.80. The van der Waals surface area contributed by atoms with E-state index in [-0.39, 0.29) is 109 Å². The molecule has 0 unspecified atom stereocenters. The molecule has 13 N–H and O–H groups in total. The Hall–Kier alpha value is -4.41. The van der Waals surface area contributed by atoms with Gasteiger partial charge in [-0.15, -0.1) is 11.8 Å². The second-order valence-corrected chi connectivity index (χ2v) is 22.9. The Morgan fingerprint density at radius 3 is 2.46 bits per heavy atom. The number of ketones is 2. The quantitative estimate of drug-likeness (QED) is 0.0190. The number of nitrogens with two attached hydrogens (primary N) is 3. The molecule has 2 saturated heterocycles. The number of Topliss-reactive ketones (excluding diaryl/α,β-unsaturated/α-hetero) is 1. The van der Waals surface area contributed by atoms with Gasteiger partial charge in [0.15, 0.2) is 18.3 Å². The first kappa shape index (κ1) is 54.9. The van der Waals surface area contributed by atoms with Crippen LogP contribution in [0, 0.1) is 28.6 Å². The number of ether oxygens (including phenoxy) is 1. The van der Waals surface area contributed by atoms with E-state index in [9.17, 15) is 48.6 Å². The molecular formula is C48H75N9O11S2. The minimum atomic E-state index is -1.82. The monoisotopic (exact) mass is 1020 g/mol. The Balaban J connectivity index is 0.890. The van der Waals surface area contributed by atoms with Crippen LogP contribution in [-0.4, -0.2) is 141 Å². The molecule has 0 aromatic rings. The number of allylic oxidation sites excluding steroid dienone is 1. The first-order valence-electron chi connectivity index (χ1n) is 25.1. The number of thioether (sulfide) groups is 2. The third-order valence-electron chi connectivity index (χ3n) is 16.1. The molecule has 22 heteroatoms. The molecule has 5 fully saturated rings. The van der Waals surface area contributed by atoms with Crippen LogP contribution < -0.4 is 43.8 Å². The maximum atomic E-state index is 13.8. The molecule has 390 valence electrons. The van der Waals surface area contributed by atoms with Crippen molar-refractivity contribution >= 4 is 76.7 Å². The Labute approximate surface area is 418 Å². The largest absolute Gasteiger partial charge is 0.457 e. The van der Waals surface area contributed by atoms with Crippen molar-refractivity contribution in [3.8, 4) is 0 Å². The van der Waals surface area contributed by atoms with Gasteiger partial charge in [0.2, 0.25) is 29.4 Å². The van der Waals surface area contributed by atoms with E-state index in [2.05, 4.69) is 38.5 Å². The number of carbonyl (C=O) groups is 8. The van der Waals surface area contributed by atoms with E-state index in [0.29, 0.717) is 63.2 Å². The molecule has 0 aromatic carbocycles. The number of hydrogen-bond donors (Lipinski definition) is 10. The van der Waals surface area contributed by atoms with Gasteiger partial charge in [0.25, 0.3) is 0 Å². The molecule has 0 bridgehead atoms. The van der Waals surface area contributed by atoms with Gasteiger partial charge in [0, 0.05) is 54.5 Å². The van der Waals surface area contributed by atoms with Crippen molar-refractivity contribution in [3.05, 3.63) is 11.6 Å². The van der Waals surface area contributed by atoms with E-state index < -0.39 is 59.4 Å². The Morgan fingerprint density at radius 2 is 1.70 bits per heavy atom. The zero-order valence-electron chi connectivity index (χ0n) is 40.6. The lowest BCUT2D eigenvalue weighted by atomic mass is 9.45. The Kier molecular flexibility index (Phi) is 19.1. The molecule has 0 aromatic heterocycles. The van der Waals surface area contributed by atoms with Gasteiger partial charge in [-0.05, 0) is 106 Å². The zero-order valence-corrected chi connectivity index (χ0v) is 42.2. The van der Waals surface area contributed by atoms with Crippen molar-refractivity contribution < 1.29 is 53.3 Å². The molecule has 0 spiro atoms. The van der Waals surface area contributed by atoms with E-state index in [1.165, 1.54) is 0 Å². The van der Waals surface area contributed by atoms with E-state index in [1.54, 1.807) is 6.08 Å². The Morgan fingerprint density at radius 1 is 0.943 bits per heavy atom. The normalized spacial score (nSPS) is 31.5. The number of unbranched alkanes of at least 4 members (excludes halogenated alkanes) is 3. The lowest BCUT2D eigenvalue weighted by Crippen LogP contribution is -2.62. The van der Waals surface area contributed by atoms with Crippen LogP contribution in [0.2, 0.25) is 0 Å². The number of urea groups is 1. The summed E-state index contributed by atoms with van der Waals surface area (Å²) in [6.45, 7) is 3.98. The molecule has 0 radical (unpaired) electrons. The molecule has 2 heterocycles. The fourth-order valence-electron chi connectivity index (χ4n) is 12.4. The summed E-state index contributed by atoms with van der Waals surface area (Å²) in [6, 6.07) is -2.06. The van der Waals surface area contributed by atoms with Gasteiger partial charge in [-0.3, -0.25) is 38.6 Å². The van der Waals surface area contributed by atoms with Crippen LogP contribution in [0.4, 0.5) is 4.79 Å². The second-order valence-electron chi connectivity index (χ2n) is 20.6. The summed E-state index contributed by atoms with van der Waals surface area (Å²) in [4.78, 5) is 106. The number of aliphatic hydroxyl groups is 2. The van der Waals surface area contributed by atoms with Crippen LogP contribution in [0.25, 0.3) is 0 Å². The van der Waals surface area contributed by atoms with Crippen molar-refractivity contribution in [1.82, 2.24) is 26.6 Å². The molecule has 6 aliphatic rings. The number of amides is 6. The van der Waals surface area contributed by atoms with Gasteiger partial charge in [0.1, 0.15) is 17.7 Å². The summed E-state index contributed by atoms with van der Waals surface area (Å²) in [7, 11) is 0. The van der Waals surface area contributed by atoms with Crippen molar-refractivity contribution in [2.24, 2.45) is 50.8 Å². The highest BCUT2D eigenvalue weighted by Crippen LogP contribution is 2.67.